The second kappa shape index (κ2) is 6.00. The number of benzene rings is 2. The second-order valence-electron chi connectivity index (χ2n) is 5.24. The number of fused-ring (bicyclic) bond motifs is 1. The molecule has 0 fully saturated rings. The molecule has 2 N–H and O–H groups in total. The summed E-state index contributed by atoms with van der Waals surface area (Å²) < 4.78 is 1.08. The minimum atomic E-state index is 0.105. The molecule has 4 heteroatoms. The van der Waals surface area contributed by atoms with Gasteiger partial charge in [0.2, 0.25) is 5.91 Å². The smallest absolute Gasteiger partial charge is 0.224 e. The van der Waals surface area contributed by atoms with Crippen molar-refractivity contribution in [3.05, 3.63) is 63.6 Å². The third-order valence-corrected chi connectivity index (χ3v) is 4.38. The summed E-state index contributed by atoms with van der Waals surface area (Å²) in [6, 6.07) is 14.8. The maximum Gasteiger partial charge on any atom is 0.224 e. The zero-order valence-corrected chi connectivity index (χ0v) is 13.4. The van der Waals surface area contributed by atoms with Crippen LogP contribution in [0.2, 0.25) is 0 Å². The van der Waals surface area contributed by atoms with Crippen LogP contribution in [0, 0.1) is 0 Å². The van der Waals surface area contributed by atoms with Crippen molar-refractivity contribution in [2.24, 2.45) is 0 Å². The van der Waals surface area contributed by atoms with E-state index in [1.165, 1.54) is 16.7 Å². The molecule has 2 aromatic rings. The number of carbonyl (C=O) groups is 1. The SMILES string of the molecule is CNC(c1ccc(Br)cc1)c1ccc2c(c1)CCC(=O)N2. The van der Waals surface area contributed by atoms with Crippen molar-refractivity contribution in [3.63, 3.8) is 0 Å². The average Bonchev–Trinajstić information content (AvgIpc) is 2.50. The number of hydrogen-bond acceptors (Lipinski definition) is 2. The molecule has 1 amide bonds. The van der Waals surface area contributed by atoms with Gasteiger partial charge in [-0.1, -0.05) is 40.2 Å². The molecular weight excluding hydrogens is 328 g/mol. The van der Waals surface area contributed by atoms with E-state index in [4.69, 9.17) is 0 Å². The number of carbonyl (C=O) groups excluding carboxylic acids is 1. The lowest BCUT2D eigenvalue weighted by atomic mass is 9.94. The topological polar surface area (TPSA) is 41.1 Å². The van der Waals surface area contributed by atoms with Crippen LogP contribution in [0.1, 0.15) is 29.2 Å². The van der Waals surface area contributed by atoms with Crippen LogP contribution >= 0.6 is 15.9 Å². The Morgan fingerprint density at radius 1 is 1.10 bits per heavy atom. The van der Waals surface area contributed by atoms with Gasteiger partial charge in [0.15, 0.2) is 0 Å². The van der Waals surface area contributed by atoms with Crippen molar-refractivity contribution in [2.45, 2.75) is 18.9 Å². The monoisotopic (exact) mass is 344 g/mol. The number of anilines is 1. The van der Waals surface area contributed by atoms with Gasteiger partial charge in [-0.15, -0.1) is 0 Å². The quantitative estimate of drug-likeness (QED) is 0.892. The van der Waals surface area contributed by atoms with E-state index < -0.39 is 0 Å². The molecule has 21 heavy (non-hydrogen) atoms. The van der Waals surface area contributed by atoms with Crippen molar-refractivity contribution in [1.29, 1.82) is 0 Å². The van der Waals surface area contributed by atoms with Crippen molar-refractivity contribution in [1.82, 2.24) is 5.32 Å². The maximum atomic E-state index is 11.4. The van der Waals surface area contributed by atoms with Gasteiger partial charge >= 0.3 is 0 Å². The summed E-state index contributed by atoms with van der Waals surface area (Å²) in [6.07, 6.45) is 1.38. The maximum absolute atomic E-state index is 11.4. The van der Waals surface area contributed by atoms with E-state index in [0.717, 1.165) is 16.6 Å². The highest BCUT2D eigenvalue weighted by Gasteiger charge is 2.18. The van der Waals surface area contributed by atoms with Crippen LogP contribution in [0.3, 0.4) is 0 Å². The summed E-state index contributed by atoms with van der Waals surface area (Å²) in [6.45, 7) is 0. The highest BCUT2D eigenvalue weighted by atomic mass is 79.9. The van der Waals surface area contributed by atoms with Crippen molar-refractivity contribution in [3.8, 4) is 0 Å². The van der Waals surface area contributed by atoms with Crippen LogP contribution in [-0.4, -0.2) is 13.0 Å². The molecule has 1 heterocycles. The summed E-state index contributed by atoms with van der Waals surface area (Å²) in [5.74, 6) is 0.105. The molecule has 3 rings (SSSR count). The number of hydrogen-bond donors (Lipinski definition) is 2. The van der Waals surface area contributed by atoms with Crippen LogP contribution in [0.5, 0.6) is 0 Å². The Morgan fingerprint density at radius 3 is 2.52 bits per heavy atom. The number of amides is 1. The predicted octanol–water partition coefficient (Wildman–Crippen LogP) is 3.64. The minimum Gasteiger partial charge on any atom is -0.326 e. The summed E-state index contributed by atoms with van der Waals surface area (Å²) in [5.41, 5.74) is 4.60. The van der Waals surface area contributed by atoms with Crippen LogP contribution < -0.4 is 10.6 Å². The van der Waals surface area contributed by atoms with Gasteiger partial charge in [-0.05, 0) is 48.4 Å². The molecule has 0 aliphatic carbocycles. The fourth-order valence-electron chi connectivity index (χ4n) is 2.76. The molecule has 108 valence electrons. The zero-order valence-electron chi connectivity index (χ0n) is 11.8. The average molecular weight is 345 g/mol. The Bertz CT molecular complexity index is 667. The van der Waals surface area contributed by atoms with Gasteiger partial charge in [0.05, 0.1) is 6.04 Å². The summed E-state index contributed by atoms with van der Waals surface area (Å²) >= 11 is 3.47. The van der Waals surface area contributed by atoms with E-state index in [0.29, 0.717) is 6.42 Å². The number of rotatable bonds is 3. The highest BCUT2D eigenvalue weighted by Crippen LogP contribution is 2.29. The number of halogens is 1. The van der Waals surface area contributed by atoms with Crippen LogP contribution in [0.15, 0.2) is 46.9 Å². The van der Waals surface area contributed by atoms with Crippen molar-refractivity contribution in [2.75, 3.05) is 12.4 Å². The van der Waals surface area contributed by atoms with E-state index in [1.54, 1.807) is 0 Å². The first-order chi connectivity index (χ1) is 10.2. The van der Waals surface area contributed by atoms with Gasteiger partial charge in [-0.2, -0.15) is 0 Å². The van der Waals surface area contributed by atoms with Crippen molar-refractivity contribution < 1.29 is 4.79 Å². The molecule has 3 nitrogen and oxygen atoms in total. The Labute approximate surface area is 132 Å². The first-order valence-electron chi connectivity index (χ1n) is 7.03. The van der Waals surface area contributed by atoms with Gasteiger partial charge < -0.3 is 10.6 Å². The van der Waals surface area contributed by atoms with Crippen LogP contribution in [0.25, 0.3) is 0 Å². The van der Waals surface area contributed by atoms with Crippen LogP contribution in [0.4, 0.5) is 5.69 Å². The Balaban J connectivity index is 1.94. The molecule has 0 radical (unpaired) electrons. The largest absolute Gasteiger partial charge is 0.326 e. The molecule has 0 bridgehead atoms. The molecular formula is C17H17BrN2O. The number of nitrogens with one attached hydrogen (secondary N) is 2. The second-order valence-corrected chi connectivity index (χ2v) is 6.15. The third-order valence-electron chi connectivity index (χ3n) is 3.85. The van der Waals surface area contributed by atoms with Gasteiger partial charge in [0.1, 0.15) is 0 Å². The van der Waals surface area contributed by atoms with E-state index in [1.807, 2.05) is 13.1 Å². The summed E-state index contributed by atoms with van der Waals surface area (Å²) in [4.78, 5) is 11.4. The third kappa shape index (κ3) is 3.01. The van der Waals surface area contributed by atoms with Gasteiger partial charge in [-0.3, -0.25) is 4.79 Å². The Morgan fingerprint density at radius 2 is 1.81 bits per heavy atom. The standard InChI is InChI=1S/C17H17BrN2O/c1-19-17(11-2-6-14(18)7-3-11)13-4-8-15-12(10-13)5-9-16(21)20-15/h2-4,6-8,10,17,19H,5,9H2,1H3,(H,20,21). The Kier molecular flexibility index (Phi) is 4.08. The molecule has 0 saturated carbocycles. The van der Waals surface area contributed by atoms with Gasteiger partial charge in [0.25, 0.3) is 0 Å². The zero-order chi connectivity index (χ0) is 14.8. The van der Waals surface area contributed by atoms with Gasteiger partial charge in [0, 0.05) is 16.6 Å². The van der Waals surface area contributed by atoms with Crippen molar-refractivity contribution >= 4 is 27.5 Å². The predicted molar refractivity (Wildman–Crippen MR) is 88.4 cm³/mol. The molecule has 2 aromatic carbocycles. The van der Waals surface area contributed by atoms with E-state index >= 15 is 0 Å². The summed E-state index contributed by atoms with van der Waals surface area (Å²) in [5, 5.41) is 6.29. The molecule has 0 spiro atoms. The normalized spacial score (nSPS) is 15.2. The molecule has 0 saturated heterocycles. The van der Waals surface area contributed by atoms with E-state index in [9.17, 15) is 4.79 Å². The van der Waals surface area contributed by atoms with Crippen LogP contribution in [-0.2, 0) is 11.2 Å². The molecule has 1 aliphatic rings. The lowest BCUT2D eigenvalue weighted by molar-refractivity contribution is -0.116. The molecule has 0 aromatic heterocycles. The van der Waals surface area contributed by atoms with Gasteiger partial charge in [-0.25, -0.2) is 0 Å². The molecule has 1 aliphatic heterocycles. The minimum absolute atomic E-state index is 0.105. The molecule has 1 unspecified atom stereocenters. The van der Waals surface area contributed by atoms with E-state index in [-0.39, 0.29) is 11.9 Å². The molecule has 1 atom stereocenters. The number of aryl methyl sites for hydroxylation is 1. The first kappa shape index (κ1) is 14.3. The lowest BCUT2D eigenvalue weighted by Gasteiger charge is -2.22. The fraction of sp³-hybridized carbons (Fsp3) is 0.235. The highest BCUT2D eigenvalue weighted by molar-refractivity contribution is 9.10. The van der Waals surface area contributed by atoms with E-state index in [2.05, 4.69) is 63.0 Å². The summed E-state index contributed by atoms with van der Waals surface area (Å²) in [7, 11) is 1.97. The lowest BCUT2D eigenvalue weighted by Crippen LogP contribution is -2.21. The first-order valence-corrected chi connectivity index (χ1v) is 7.82. The Hall–Kier alpha value is -1.65. The fourth-order valence-corrected chi connectivity index (χ4v) is 3.03.